The van der Waals surface area contributed by atoms with Gasteiger partial charge in [-0.05, 0) is 55.1 Å². The van der Waals surface area contributed by atoms with E-state index in [-0.39, 0.29) is 18.5 Å². The maximum atomic E-state index is 13.9. The number of carbonyl (C=O) groups is 2. The van der Waals surface area contributed by atoms with Crippen LogP contribution in [-0.4, -0.2) is 29.5 Å². The van der Waals surface area contributed by atoms with Gasteiger partial charge in [0.05, 0.1) is 29.6 Å². The Hall–Kier alpha value is -1.81. The highest BCUT2D eigenvalue weighted by molar-refractivity contribution is 8.00. The third-order valence-corrected chi connectivity index (χ3v) is 5.32. The Morgan fingerprint density at radius 1 is 1.33 bits per heavy atom. The van der Waals surface area contributed by atoms with Gasteiger partial charge in [0, 0.05) is 0 Å². The van der Waals surface area contributed by atoms with Gasteiger partial charge in [0.1, 0.15) is 5.82 Å². The molecule has 2 unspecified atom stereocenters. The monoisotopic (exact) mass is 405 g/mol. The van der Waals surface area contributed by atoms with Crippen molar-refractivity contribution in [3.8, 4) is 0 Å². The van der Waals surface area contributed by atoms with Gasteiger partial charge >= 0.3 is 5.51 Å². The summed E-state index contributed by atoms with van der Waals surface area (Å²) in [5, 5.41) is 8.59. The maximum Gasteiger partial charge on any atom is 0.446 e. The molecule has 148 valence electrons. The summed E-state index contributed by atoms with van der Waals surface area (Å²) in [6.45, 7) is 1.60. The van der Waals surface area contributed by atoms with Gasteiger partial charge in [-0.2, -0.15) is 13.2 Å². The number of thioether (sulfide) groups is 1. The molecule has 2 fully saturated rings. The third-order valence-electron chi connectivity index (χ3n) is 4.54. The molecule has 0 spiro atoms. The van der Waals surface area contributed by atoms with Crippen LogP contribution in [0.25, 0.3) is 0 Å². The first-order chi connectivity index (χ1) is 12.6. The fourth-order valence-corrected chi connectivity index (χ4v) is 3.52. The molecule has 3 rings (SSSR count). The summed E-state index contributed by atoms with van der Waals surface area (Å²) in [5.74, 6) is -1.29. The smallest absolute Gasteiger partial charge is 0.348 e. The van der Waals surface area contributed by atoms with Gasteiger partial charge < -0.3 is 10.6 Å². The molecule has 1 aliphatic carbocycles. The summed E-state index contributed by atoms with van der Waals surface area (Å²) in [6, 6.07) is 2.05. The topological polar surface area (TPSA) is 70.2 Å². The van der Waals surface area contributed by atoms with Crippen molar-refractivity contribution in [3.63, 3.8) is 0 Å². The Morgan fingerprint density at radius 2 is 2.04 bits per heavy atom. The normalized spacial score (nSPS) is 24.3. The number of hydrogen-bond acceptors (Lipinski definition) is 4. The molecule has 2 amide bonds. The van der Waals surface area contributed by atoms with Crippen LogP contribution in [0, 0.1) is 11.7 Å². The van der Waals surface area contributed by atoms with Gasteiger partial charge in [-0.15, -0.1) is 0 Å². The fraction of sp³-hybridized carbons (Fsp3) is 0.529. The predicted octanol–water partition coefficient (Wildman–Crippen LogP) is 2.83. The average Bonchev–Trinajstić information content (AvgIpc) is 3.39. The Morgan fingerprint density at radius 3 is 2.63 bits per heavy atom. The number of alkyl halides is 3. The van der Waals surface area contributed by atoms with Crippen molar-refractivity contribution >= 4 is 23.6 Å². The molecule has 10 heteroatoms. The van der Waals surface area contributed by atoms with E-state index in [9.17, 15) is 27.2 Å². The maximum absolute atomic E-state index is 13.9. The Balaban J connectivity index is 1.62. The second-order valence-corrected chi connectivity index (χ2v) is 7.88. The summed E-state index contributed by atoms with van der Waals surface area (Å²) in [4.78, 5) is 23.7. The Bertz CT molecular complexity index is 739. The lowest BCUT2D eigenvalue weighted by molar-refractivity contribution is -0.132. The molecular formula is C17H19F4N3O2S. The summed E-state index contributed by atoms with van der Waals surface area (Å²) < 4.78 is 51.1. The van der Waals surface area contributed by atoms with Crippen LogP contribution < -0.4 is 16.0 Å². The molecule has 0 radical (unpaired) electrons. The summed E-state index contributed by atoms with van der Waals surface area (Å²) in [5.41, 5.74) is -4.24. The first-order valence-electron chi connectivity index (χ1n) is 8.53. The van der Waals surface area contributed by atoms with Crippen LogP contribution >= 0.6 is 11.8 Å². The van der Waals surface area contributed by atoms with E-state index in [1.807, 2.05) is 0 Å². The minimum Gasteiger partial charge on any atom is -0.348 e. The highest BCUT2D eigenvalue weighted by atomic mass is 32.2. The largest absolute Gasteiger partial charge is 0.446 e. The van der Waals surface area contributed by atoms with E-state index in [0.29, 0.717) is 11.5 Å². The number of rotatable bonds is 5. The molecule has 1 saturated heterocycles. The van der Waals surface area contributed by atoms with Crippen molar-refractivity contribution in [1.29, 1.82) is 0 Å². The standard InChI is InChI=1S/C17H19F4N3O2S/c1-8(10-4-5-13(11(18)6-10)27-17(19,20)21)22-16(26)12-7-14(25)24-15(23-12)9-2-3-9/h4-6,8-9,12,15,23H,2-3,7H2,1H3,(H,22,26)(H,24,25)/t8-,12?,15?/m1/s1. The van der Waals surface area contributed by atoms with Crippen molar-refractivity contribution in [2.24, 2.45) is 5.92 Å². The first kappa shape index (κ1) is 19.9. The van der Waals surface area contributed by atoms with E-state index >= 15 is 0 Å². The fourth-order valence-electron chi connectivity index (χ4n) is 2.98. The minimum atomic E-state index is -4.58. The minimum absolute atomic E-state index is 0.00268. The quantitative estimate of drug-likeness (QED) is 0.521. The Labute approximate surface area is 157 Å². The van der Waals surface area contributed by atoms with Gasteiger partial charge in [0.15, 0.2) is 0 Å². The molecular weight excluding hydrogens is 386 g/mol. The second kappa shape index (κ2) is 7.67. The van der Waals surface area contributed by atoms with Crippen molar-refractivity contribution in [1.82, 2.24) is 16.0 Å². The molecule has 1 aliphatic heterocycles. The summed E-state index contributed by atoms with van der Waals surface area (Å²) in [7, 11) is 0. The van der Waals surface area contributed by atoms with Crippen molar-refractivity contribution in [3.05, 3.63) is 29.6 Å². The number of carbonyl (C=O) groups excluding carboxylic acids is 2. The van der Waals surface area contributed by atoms with Crippen molar-refractivity contribution in [2.45, 2.75) is 54.8 Å². The molecule has 0 aromatic heterocycles. The van der Waals surface area contributed by atoms with Crippen LogP contribution in [0.4, 0.5) is 17.6 Å². The van der Waals surface area contributed by atoms with Crippen molar-refractivity contribution < 1.29 is 27.2 Å². The molecule has 0 bridgehead atoms. The highest BCUT2D eigenvalue weighted by Gasteiger charge is 2.39. The highest BCUT2D eigenvalue weighted by Crippen LogP contribution is 2.38. The van der Waals surface area contributed by atoms with Gasteiger partial charge in [0.2, 0.25) is 11.8 Å². The molecule has 1 aromatic rings. The molecule has 1 saturated carbocycles. The van der Waals surface area contributed by atoms with E-state index < -0.39 is 46.0 Å². The molecule has 5 nitrogen and oxygen atoms in total. The van der Waals surface area contributed by atoms with E-state index in [1.165, 1.54) is 6.07 Å². The Kier molecular flexibility index (Phi) is 5.66. The van der Waals surface area contributed by atoms with Gasteiger partial charge in [-0.25, -0.2) is 4.39 Å². The zero-order valence-corrected chi connectivity index (χ0v) is 15.2. The van der Waals surface area contributed by atoms with Crippen LogP contribution in [0.3, 0.4) is 0 Å². The van der Waals surface area contributed by atoms with Gasteiger partial charge in [-0.1, -0.05) is 6.07 Å². The van der Waals surface area contributed by atoms with E-state index in [1.54, 1.807) is 6.92 Å². The van der Waals surface area contributed by atoms with Crippen LogP contribution in [0.15, 0.2) is 23.1 Å². The molecule has 2 aliphatic rings. The summed E-state index contributed by atoms with van der Waals surface area (Å²) in [6.07, 6.45) is 1.75. The average molecular weight is 405 g/mol. The number of halogens is 4. The van der Waals surface area contributed by atoms with Gasteiger partial charge in [-0.3, -0.25) is 14.9 Å². The van der Waals surface area contributed by atoms with Gasteiger partial charge in [0.25, 0.3) is 0 Å². The lowest BCUT2D eigenvalue weighted by Crippen LogP contribution is -2.61. The number of amides is 2. The van der Waals surface area contributed by atoms with E-state index in [0.717, 1.165) is 25.0 Å². The zero-order valence-electron chi connectivity index (χ0n) is 14.4. The lowest BCUT2D eigenvalue weighted by Gasteiger charge is -2.31. The lowest BCUT2D eigenvalue weighted by atomic mass is 10.0. The zero-order chi connectivity index (χ0) is 19.8. The number of nitrogens with one attached hydrogen (secondary N) is 3. The first-order valence-corrected chi connectivity index (χ1v) is 9.35. The predicted molar refractivity (Wildman–Crippen MR) is 91.1 cm³/mol. The number of hydrogen-bond donors (Lipinski definition) is 3. The molecule has 1 aromatic carbocycles. The molecule has 27 heavy (non-hydrogen) atoms. The van der Waals surface area contributed by atoms with Crippen molar-refractivity contribution in [2.75, 3.05) is 0 Å². The third kappa shape index (κ3) is 5.35. The number of benzene rings is 1. The van der Waals surface area contributed by atoms with Crippen LogP contribution in [0.2, 0.25) is 0 Å². The van der Waals surface area contributed by atoms with Crippen LogP contribution in [-0.2, 0) is 9.59 Å². The second-order valence-electron chi connectivity index (χ2n) is 6.77. The van der Waals surface area contributed by atoms with Crippen LogP contribution in [0.5, 0.6) is 0 Å². The molecule has 1 heterocycles. The summed E-state index contributed by atoms with van der Waals surface area (Å²) >= 11 is -0.523. The molecule has 3 atom stereocenters. The van der Waals surface area contributed by atoms with E-state index in [4.69, 9.17) is 0 Å². The SMILES string of the molecule is C[C@@H](NC(=O)C1CC(=O)NC(C2CC2)N1)c1ccc(SC(F)(F)F)c(F)c1. The molecule has 3 N–H and O–H groups in total. The van der Waals surface area contributed by atoms with Crippen LogP contribution in [0.1, 0.15) is 37.8 Å². The van der Waals surface area contributed by atoms with E-state index in [2.05, 4.69) is 16.0 Å².